The molecule has 1 amide bonds. The highest BCUT2D eigenvalue weighted by atomic mass is 16.5. The number of carbonyl (C=O) groups excluding carboxylic acids is 1. The molecule has 0 aromatic carbocycles. The largest absolute Gasteiger partial charge is 0.505 e. The van der Waals surface area contributed by atoms with Gasteiger partial charge < -0.3 is 14.7 Å². The van der Waals surface area contributed by atoms with Crippen LogP contribution in [0.5, 0.6) is 5.75 Å². The number of nitrogens with zero attached hydrogens (tertiary/aromatic N) is 2. The summed E-state index contributed by atoms with van der Waals surface area (Å²) in [5.41, 5.74) is 0.128. The van der Waals surface area contributed by atoms with Gasteiger partial charge in [0.15, 0.2) is 5.69 Å². The van der Waals surface area contributed by atoms with E-state index >= 15 is 0 Å². The number of aromatic nitrogens is 1. The van der Waals surface area contributed by atoms with Crippen molar-refractivity contribution in [3.63, 3.8) is 0 Å². The molecule has 1 N–H and O–H groups in total. The van der Waals surface area contributed by atoms with E-state index < -0.39 is 0 Å². The molecule has 1 aliphatic rings. The first-order chi connectivity index (χ1) is 8.22. The smallest absolute Gasteiger partial charge is 0.276 e. The Morgan fingerprint density at radius 2 is 2.24 bits per heavy atom. The van der Waals surface area contributed by atoms with Crippen LogP contribution in [0.15, 0.2) is 18.3 Å². The molecule has 1 aromatic heterocycles. The number of amides is 1. The van der Waals surface area contributed by atoms with Crippen molar-refractivity contribution in [1.82, 2.24) is 9.88 Å². The highest BCUT2D eigenvalue weighted by molar-refractivity contribution is 5.94. The fourth-order valence-corrected chi connectivity index (χ4v) is 2.01. The molecule has 0 bridgehead atoms. The first-order valence-electron chi connectivity index (χ1n) is 5.68. The topological polar surface area (TPSA) is 62.7 Å². The summed E-state index contributed by atoms with van der Waals surface area (Å²) < 4.78 is 5.25. The van der Waals surface area contributed by atoms with Crippen LogP contribution in [0.4, 0.5) is 0 Å². The lowest BCUT2D eigenvalue weighted by molar-refractivity contribution is 0.0346. The number of likely N-dealkylation sites (tertiary alicyclic amines) is 1. The summed E-state index contributed by atoms with van der Waals surface area (Å²) >= 11 is 0. The SMILES string of the molecule is COC1CCN(C(=O)c2ncccc2O)CC1. The molecule has 5 heteroatoms. The van der Waals surface area contributed by atoms with Gasteiger partial charge in [-0.2, -0.15) is 0 Å². The van der Waals surface area contributed by atoms with Gasteiger partial charge in [0.1, 0.15) is 5.75 Å². The van der Waals surface area contributed by atoms with Gasteiger partial charge in [-0.15, -0.1) is 0 Å². The van der Waals surface area contributed by atoms with Crippen LogP contribution in [-0.4, -0.2) is 47.2 Å². The Hall–Kier alpha value is -1.62. The second-order valence-electron chi connectivity index (χ2n) is 4.10. The third kappa shape index (κ3) is 2.55. The van der Waals surface area contributed by atoms with Crippen LogP contribution in [0, 0.1) is 0 Å². The van der Waals surface area contributed by atoms with Gasteiger partial charge in [0, 0.05) is 26.4 Å². The van der Waals surface area contributed by atoms with E-state index in [2.05, 4.69) is 4.98 Å². The molecule has 0 spiro atoms. The lowest BCUT2D eigenvalue weighted by atomic mass is 10.1. The molecule has 1 saturated heterocycles. The molecule has 17 heavy (non-hydrogen) atoms. The summed E-state index contributed by atoms with van der Waals surface area (Å²) in [5, 5.41) is 9.58. The number of carbonyl (C=O) groups is 1. The monoisotopic (exact) mass is 236 g/mol. The van der Waals surface area contributed by atoms with Gasteiger partial charge in [-0.05, 0) is 25.0 Å². The Labute approximate surface area is 100 Å². The predicted molar refractivity (Wildman–Crippen MR) is 61.8 cm³/mol. The molecule has 5 nitrogen and oxygen atoms in total. The van der Waals surface area contributed by atoms with Crippen molar-refractivity contribution in [2.24, 2.45) is 0 Å². The normalized spacial score (nSPS) is 17.1. The summed E-state index contributed by atoms with van der Waals surface area (Å²) in [6.07, 6.45) is 3.40. The number of rotatable bonds is 2. The number of hydrogen-bond acceptors (Lipinski definition) is 4. The van der Waals surface area contributed by atoms with Crippen LogP contribution in [0.2, 0.25) is 0 Å². The van der Waals surface area contributed by atoms with E-state index in [1.165, 1.54) is 12.3 Å². The molecule has 0 unspecified atom stereocenters. The second-order valence-corrected chi connectivity index (χ2v) is 4.10. The molecule has 1 aromatic rings. The van der Waals surface area contributed by atoms with Crippen molar-refractivity contribution < 1.29 is 14.6 Å². The summed E-state index contributed by atoms with van der Waals surface area (Å²) in [4.78, 5) is 17.7. The maximum absolute atomic E-state index is 12.1. The number of aromatic hydroxyl groups is 1. The van der Waals surface area contributed by atoms with Gasteiger partial charge in [-0.3, -0.25) is 4.79 Å². The summed E-state index contributed by atoms with van der Waals surface area (Å²) in [5.74, 6) is -0.274. The number of piperidine rings is 1. The Morgan fingerprint density at radius 1 is 1.53 bits per heavy atom. The molecule has 2 rings (SSSR count). The Kier molecular flexibility index (Phi) is 3.58. The molecule has 1 fully saturated rings. The van der Waals surface area contributed by atoms with E-state index in [1.54, 1.807) is 18.1 Å². The maximum Gasteiger partial charge on any atom is 0.276 e. The van der Waals surface area contributed by atoms with Gasteiger partial charge in [0.05, 0.1) is 6.10 Å². The Morgan fingerprint density at radius 3 is 2.82 bits per heavy atom. The molecule has 0 radical (unpaired) electrons. The molecular weight excluding hydrogens is 220 g/mol. The van der Waals surface area contributed by atoms with Crippen molar-refractivity contribution in [2.75, 3.05) is 20.2 Å². The van der Waals surface area contributed by atoms with Crippen LogP contribution >= 0.6 is 0 Å². The third-order valence-electron chi connectivity index (χ3n) is 3.05. The van der Waals surface area contributed by atoms with Crippen LogP contribution < -0.4 is 0 Å². The van der Waals surface area contributed by atoms with Gasteiger partial charge in [-0.1, -0.05) is 0 Å². The second kappa shape index (κ2) is 5.14. The first kappa shape index (κ1) is 11.9. The molecular formula is C12H16N2O3. The lowest BCUT2D eigenvalue weighted by Crippen LogP contribution is -2.40. The minimum absolute atomic E-state index is 0.0636. The van der Waals surface area contributed by atoms with Gasteiger partial charge in [0.2, 0.25) is 0 Å². The van der Waals surface area contributed by atoms with E-state index in [0.717, 1.165) is 12.8 Å². The van der Waals surface area contributed by atoms with Crippen LogP contribution in [-0.2, 0) is 4.74 Å². The van der Waals surface area contributed by atoms with Crippen molar-refractivity contribution in [1.29, 1.82) is 0 Å². The van der Waals surface area contributed by atoms with Crippen LogP contribution in [0.25, 0.3) is 0 Å². The predicted octanol–water partition coefficient (Wildman–Crippen LogP) is 1.04. The van der Waals surface area contributed by atoms with Gasteiger partial charge in [-0.25, -0.2) is 4.98 Å². The zero-order chi connectivity index (χ0) is 12.3. The Balaban J connectivity index is 2.04. The fraction of sp³-hybridized carbons (Fsp3) is 0.500. The van der Waals surface area contributed by atoms with Crippen LogP contribution in [0.3, 0.4) is 0 Å². The van der Waals surface area contributed by atoms with Crippen molar-refractivity contribution in [3.8, 4) is 5.75 Å². The average Bonchev–Trinajstić information content (AvgIpc) is 2.39. The number of ether oxygens (including phenoxy) is 1. The van der Waals surface area contributed by atoms with E-state index in [1.807, 2.05) is 0 Å². The third-order valence-corrected chi connectivity index (χ3v) is 3.05. The number of hydrogen-bond donors (Lipinski definition) is 1. The molecule has 0 aliphatic carbocycles. The standard InChI is InChI=1S/C12H16N2O3/c1-17-9-4-7-14(8-5-9)12(16)11-10(15)3-2-6-13-11/h2-3,6,9,15H,4-5,7-8H2,1H3. The van der Waals surface area contributed by atoms with Gasteiger partial charge in [0.25, 0.3) is 5.91 Å². The average molecular weight is 236 g/mol. The van der Waals surface area contributed by atoms with E-state index in [9.17, 15) is 9.90 Å². The van der Waals surface area contributed by atoms with E-state index in [4.69, 9.17) is 4.74 Å². The van der Waals surface area contributed by atoms with Crippen molar-refractivity contribution >= 4 is 5.91 Å². The zero-order valence-corrected chi connectivity index (χ0v) is 9.80. The molecule has 0 atom stereocenters. The van der Waals surface area contributed by atoms with Crippen molar-refractivity contribution in [3.05, 3.63) is 24.0 Å². The van der Waals surface area contributed by atoms with Crippen molar-refractivity contribution in [2.45, 2.75) is 18.9 Å². The highest BCUT2D eigenvalue weighted by Crippen LogP contribution is 2.19. The van der Waals surface area contributed by atoms with Crippen LogP contribution in [0.1, 0.15) is 23.3 Å². The fourth-order valence-electron chi connectivity index (χ4n) is 2.01. The Bertz CT molecular complexity index is 400. The molecule has 2 heterocycles. The summed E-state index contributed by atoms with van der Waals surface area (Å²) in [6, 6.07) is 3.07. The minimum Gasteiger partial charge on any atom is -0.505 e. The summed E-state index contributed by atoms with van der Waals surface area (Å²) in [6.45, 7) is 1.29. The maximum atomic E-state index is 12.1. The lowest BCUT2D eigenvalue weighted by Gasteiger charge is -2.31. The summed E-state index contributed by atoms with van der Waals surface area (Å²) in [7, 11) is 1.69. The zero-order valence-electron chi connectivity index (χ0n) is 9.80. The minimum atomic E-state index is -0.211. The highest BCUT2D eigenvalue weighted by Gasteiger charge is 2.25. The first-order valence-corrected chi connectivity index (χ1v) is 5.68. The number of pyridine rings is 1. The van der Waals surface area contributed by atoms with E-state index in [0.29, 0.717) is 13.1 Å². The van der Waals surface area contributed by atoms with E-state index in [-0.39, 0.29) is 23.5 Å². The quantitative estimate of drug-likeness (QED) is 0.833. The molecule has 92 valence electrons. The van der Waals surface area contributed by atoms with Gasteiger partial charge >= 0.3 is 0 Å². The molecule has 1 aliphatic heterocycles. The number of methoxy groups -OCH3 is 1. The molecule has 0 saturated carbocycles.